The third kappa shape index (κ3) is 7.17. The highest BCUT2D eigenvalue weighted by Crippen LogP contribution is 2.40. The first-order valence-corrected chi connectivity index (χ1v) is 13.7. The van der Waals surface area contributed by atoms with Gasteiger partial charge in [-0.25, -0.2) is 14.4 Å². The maximum Gasteiger partial charge on any atom is 0.415 e. The van der Waals surface area contributed by atoms with E-state index in [0.29, 0.717) is 5.69 Å². The second kappa shape index (κ2) is 11.4. The van der Waals surface area contributed by atoms with E-state index in [2.05, 4.69) is 5.32 Å². The molecule has 1 spiro atoms. The summed E-state index contributed by atoms with van der Waals surface area (Å²) >= 11 is 0. The normalized spacial score (nSPS) is 21.4. The fourth-order valence-corrected chi connectivity index (χ4v) is 5.08. The van der Waals surface area contributed by atoms with Gasteiger partial charge in [0, 0.05) is 12.1 Å². The summed E-state index contributed by atoms with van der Waals surface area (Å²) in [6.07, 6.45) is -1.24. The van der Waals surface area contributed by atoms with E-state index in [-0.39, 0.29) is 26.1 Å². The third-order valence-electron chi connectivity index (χ3n) is 6.99. The number of nitrogens with zero attached hydrogens (tertiary/aromatic N) is 2. The van der Waals surface area contributed by atoms with Crippen LogP contribution in [-0.2, 0) is 30.4 Å². The first-order valence-electron chi connectivity index (χ1n) is 13.7. The van der Waals surface area contributed by atoms with Crippen LogP contribution in [0.4, 0.5) is 15.3 Å². The maximum atomic E-state index is 14.1. The number of amides is 3. The van der Waals surface area contributed by atoms with Crippen molar-refractivity contribution in [1.29, 1.82) is 0 Å². The van der Waals surface area contributed by atoms with E-state index < -0.39 is 52.8 Å². The van der Waals surface area contributed by atoms with Crippen molar-refractivity contribution in [2.24, 2.45) is 5.41 Å². The summed E-state index contributed by atoms with van der Waals surface area (Å²) in [7, 11) is 0. The van der Waals surface area contributed by atoms with Crippen molar-refractivity contribution in [3.05, 3.63) is 66.2 Å². The highest BCUT2D eigenvalue weighted by atomic mass is 16.6. The average molecular weight is 566 g/mol. The second-order valence-electron chi connectivity index (χ2n) is 12.7. The standard InChI is InChI=1S/C31H39N3O7/c1-29(2,3)24(32-27(37)39-18-21-13-9-7-10-14-21)25(35)34-20-31(17-23(34)26(36)40-30(4,5)6)19-33(28(38)41-31)22-15-11-8-12-16-22/h7-16,23-24H,17-20H2,1-6H3,(H,32,37)/t23-,24?,31-/m0/s1. The summed E-state index contributed by atoms with van der Waals surface area (Å²) in [4.78, 5) is 56.2. The molecule has 1 N–H and O–H groups in total. The van der Waals surface area contributed by atoms with Crippen LogP contribution in [0, 0.1) is 5.41 Å². The smallest absolute Gasteiger partial charge is 0.415 e. The summed E-state index contributed by atoms with van der Waals surface area (Å²) in [5, 5.41) is 2.71. The van der Waals surface area contributed by atoms with Gasteiger partial charge >= 0.3 is 18.2 Å². The van der Waals surface area contributed by atoms with Crippen LogP contribution in [0.15, 0.2) is 60.7 Å². The van der Waals surface area contributed by atoms with Crippen LogP contribution in [0.25, 0.3) is 0 Å². The zero-order chi connectivity index (χ0) is 30.0. The van der Waals surface area contributed by atoms with Crippen molar-refractivity contribution in [3.8, 4) is 0 Å². The fourth-order valence-electron chi connectivity index (χ4n) is 5.08. The Labute approximate surface area is 240 Å². The molecule has 2 aliphatic rings. The lowest BCUT2D eigenvalue weighted by Crippen LogP contribution is -2.57. The molecule has 2 fully saturated rings. The van der Waals surface area contributed by atoms with Gasteiger partial charge in [-0.3, -0.25) is 9.69 Å². The first-order chi connectivity index (χ1) is 19.2. The summed E-state index contributed by atoms with van der Waals surface area (Å²) in [6, 6.07) is 16.2. The van der Waals surface area contributed by atoms with Gasteiger partial charge in [-0.1, -0.05) is 69.3 Å². The Morgan fingerprint density at radius 3 is 2.17 bits per heavy atom. The topological polar surface area (TPSA) is 114 Å². The number of rotatable bonds is 6. The van der Waals surface area contributed by atoms with E-state index in [4.69, 9.17) is 14.2 Å². The number of anilines is 1. The Morgan fingerprint density at radius 1 is 0.976 bits per heavy atom. The van der Waals surface area contributed by atoms with E-state index in [0.717, 1.165) is 5.56 Å². The van der Waals surface area contributed by atoms with Crippen LogP contribution in [0.3, 0.4) is 0 Å². The number of alkyl carbamates (subject to hydrolysis) is 1. The zero-order valence-electron chi connectivity index (χ0n) is 24.5. The summed E-state index contributed by atoms with van der Waals surface area (Å²) < 4.78 is 16.9. The molecule has 0 bridgehead atoms. The molecule has 220 valence electrons. The van der Waals surface area contributed by atoms with Gasteiger partial charge < -0.3 is 24.4 Å². The molecule has 0 aromatic heterocycles. The van der Waals surface area contributed by atoms with Crippen LogP contribution >= 0.6 is 0 Å². The van der Waals surface area contributed by atoms with Crippen molar-refractivity contribution in [1.82, 2.24) is 10.2 Å². The van der Waals surface area contributed by atoms with Crippen LogP contribution < -0.4 is 10.2 Å². The second-order valence-corrected chi connectivity index (χ2v) is 12.7. The van der Waals surface area contributed by atoms with Crippen LogP contribution in [0.1, 0.15) is 53.5 Å². The van der Waals surface area contributed by atoms with E-state index in [1.807, 2.05) is 69.3 Å². The number of carbonyl (C=O) groups is 4. The van der Waals surface area contributed by atoms with Gasteiger partial charge in [0.25, 0.3) is 0 Å². The van der Waals surface area contributed by atoms with Gasteiger partial charge in [0.1, 0.15) is 24.3 Å². The highest BCUT2D eigenvalue weighted by Gasteiger charge is 2.58. The summed E-state index contributed by atoms with van der Waals surface area (Å²) in [5.41, 5.74) is -1.20. The molecule has 2 saturated heterocycles. The third-order valence-corrected chi connectivity index (χ3v) is 6.99. The fraction of sp³-hybridized carbons (Fsp3) is 0.484. The number of para-hydroxylation sites is 1. The lowest BCUT2D eigenvalue weighted by molar-refractivity contribution is -0.164. The van der Waals surface area contributed by atoms with Crippen molar-refractivity contribution < 1.29 is 33.4 Å². The minimum absolute atomic E-state index is 0.0296. The monoisotopic (exact) mass is 565 g/mol. The molecule has 4 rings (SSSR count). The molecule has 0 radical (unpaired) electrons. The minimum atomic E-state index is -1.12. The van der Waals surface area contributed by atoms with E-state index in [9.17, 15) is 19.2 Å². The summed E-state index contributed by atoms with van der Waals surface area (Å²) in [6.45, 7) is 10.8. The van der Waals surface area contributed by atoms with Crippen LogP contribution in [-0.4, -0.2) is 65.3 Å². The number of benzene rings is 2. The van der Waals surface area contributed by atoms with Gasteiger partial charge in [-0.2, -0.15) is 0 Å². The SMILES string of the molecule is CC(C)(C)OC(=O)[C@@H]1C[C@]2(CN(c3ccccc3)C(=O)O2)CN1C(=O)C(NC(=O)OCc1ccccc1)C(C)(C)C. The quantitative estimate of drug-likeness (QED) is 0.400. The Kier molecular flexibility index (Phi) is 8.33. The Bertz CT molecular complexity index is 1270. The Hall–Kier alpha value is -4.08. The first kappa shape index (κ1) is 29.9. The van der Waals surface area contributed by atoms with Gasteiger partial charge in [0.05, 0.1) is 13.1 Å². The minimum Gasteiger partial charge on any atom is -0.458 e. The van der Waals surface area contributed by atoms with Crippen LogP contribution in [0.5, 0.6) is 0 Å². The molecule has 2 heterocycles. The highest BCUT2D eigenvalue weighted by molar-refractivity contribution is 5.93. The molecule has 0 saturated carbocycles. The molecule has 0 aliphatic carbocycles. The number of carbonyl (C=O) groups excluding carboxylic acids is 4. The van der Waals surface area contributed by atoms with Gasteiger partial charge in [-0.15, -0.1) is 0 Å². The predicted molar refractivity (Wildman–Crippen MR) is 152 cm³/mol. The van der Waals surface area contributed by atoms with Gasteiger partial charge in [0.15, 0.2) is 5.60 Å². The van der Waals surface area contributed by atoms with Crippen molar-refractivity contribution in [3.63, 3.8) is 0 Å². The molecule has 10 heteroatoms. The number of nitrogens with one attached hydrogen (secondary N) is 1. The summed E-state index contributed by atoms with van der Waals surface area (Å²) in [5.74, 6) is -1.09. The molecule has 2 aromatic rings. The average Bonchev–Trinajstić information content (AvgIpc) is 3.44. The van der Waals surface area contributed by atoms with Crippen LogP contribution in [0.2, 0.25) is 0 Å². The lowest BCUT2D eigenvalue weighted by atomic mass is 9.85. The lowest BCUT2D eigenvalue weighted by Gasteiger charge is -2.35. The maximum absolute atomic E-state index is 14.1. The molecule has 2 aromatic carbocycles. The number of likely N-dealkylation sites (tertiary alicyclic amines) is 1. The number of ether oxygens (including phenoxy) is 3. The van der Waals surface area contributed by atoms with Crippen molar-refractivity contribution >= 4 is 29.8 Å². The Balaban J connectivity index is 1.57. The van der Waals surface area contributed by atoms with E-state index >= 15 is 0 Å². The predicted octanol–water partition coefficient (Wildman–Crippen LogP) is 4.67. The zero-order valence-corrected chi connectivity index (χ0v) is 24.5. The molecular weight excluding hydrogens is 526 g/mol. The molecule has 1 unspecified atom stereocenters. The van der Waals surface area contributed by atoms with E-state index in [1.165, 1.54) is 9.80 Å². The number of esters is 1. The van der Waals surface area contributed by atoms with Crippen molar-refractivity contribution in [2.75, 3.05) is 18.0 Å². The molecule has 3 atom stereocenters. The molecule has 41 heavy (non-hydrogen) atoms. The van der Waals surface area contributed by atoms with Crippen molar-refractivity contribution in [2.45, 2.75) is 77.9 Å². The Morgan fingerprint density at radius 2 is 1.59 bits per heavy atom. The molecule has 10 nitrogen and oxygen atoms in total. The van der Waals surface area contributed by atoms with Gasteiger partial charge in [-0.05, 0) is 43.9 Å². The molecular formula is C31H39N3O7. The van der Waals surface area contributed by atoms with E-state index in [1.54, 1.807) is 32.9 Å². The molecule has 3 amide bonds. The molecule has 2 aliphatic heterocycles. The number of hydrogen-bond donors (Lipinski definition) is 1. The van der Waals surface area contributed by atoms with Gasteiger partial charge in [0.2, 0.25) is 5.91 Å². The largest absolute Gasteiger partial charge is 0.458 e. The number of hydrogen-bond acceptors (Lipinski definition) is 7.